The van der Waals surface area contributed by atoms with E-state index in [4.69, 9.17) is 0 Å². The Morgan fingerprint density at radius 2 is 0.278 bits per heavy atom. The molecule has 40 heteroatoms. The van der Waals surface area contributed by atoms with Crippen molar-refractivity contribution in [2.24, 2.45) is 0 Å². The molecular weight excluding hydrogens is 1840 g/mol. The number of aromatic amines is 16. The Kier molecular flexibility index (Phi) is 49.3. The molecule has 0 unspecified atom stereocenters. The van der Waals surface area contributed by atoms with Gasteiger partial charge in [0.25, 0.3) is 44.5 Å². The first-order valence-corrected chi connectivity index (χ1v) is 51.5. The summed E-state index contributed by atoms with van der Waals surface area (Å²) < 4.78 is 0. The van der Waals surface area contributed by atoms with E-state index in [0.29, 0.717) is 44.1 Å². The molecular formula is C104H152N24O16. The average molecular weight is 1990 g/mol. The van der Waals surface area contributed by atoms with Crippen LogP contribution in [0.3, 0.4) is 0 Å². The fraction of sp³-hybridized carbons (Fsp3) is 0.538. The zero-order chi connectivity index (χ0) is 104. The number of fused-ring (bicyclic) bond motifs is 8. The van der Waals surface area contributed by atoms with Crippen LogP contribution in [0.4, 0.5) is 0 Å². The van der Waals surface area contributed by atoms with Crippen molar-refractivity contribution in [2.75, 3.05) is 0 Å². The summed E-state index contributed by atoms with van der Waals surface area (Å²) in [4.78, 5) is 169. The Morgan fingerprint density at radius 1 is 0.174 bits per heavy atom. The van der Waals surface area contributed by atoms with Gasteiger partial charge in [-0.05, 0) is 250 Å². The summed E-state index contributed by atoms with van der Waals surface area (Å²) in [5.74, 6) is 0. The highest BCUT2D eigenvalue weighted by molar-refractivity contribution is 5.82. The van der Waals surface area contributed by atoms with Gasteiger partial charge in [0.05, 0.1) is 144 Å². The molecule has 16 aromatic heterocycles. The summed E-state index contributed by atoms with van der Waals surface area (Å²) in [6.45, 7) is 16.5. The number of aliphatic hydroxyl groups excluding tert-OH is 8. The van der Waals surface area contributed by atoms with Crippen LogP contribution in [0.5, 0.6) is 0 Å². The summed E-state index contributed by atoms with van der Waals surface area (Å²) in [7, 11) is 0. The standard InChI is InChI=1S/8C13H19N3O2/c8*1-2-4-10(17)6-3-5-9-7-14-12-11(9)15-8-16-13(12)18/h8*7-8,10,14,17H,2-6H2,1H3,(H,15,16,18)/t8*10-/m11110000/s1. The van der Waals surface area contributed by atoms with Crippen LogP contribution < -0.4 is 44.5 Å². The monoisotopic (exact) mass is 1990 g/mol. The molecule has 0 aromatic carbocycles. The van der Waals surface area contributed by atoms with Crippen LogP contribution in [-0.2, 0) is 51.4 Å². The Bertz CT molecular complexity index is 5690. The molecule has 0 fully saturated rings. The van der Waals surface area contributed by atoms with E-state index in [9.17, 15) is 79.2 Å². The maximum absolute atomic E-state index is 11.5. The van der Waals surface area contributed by atoms with Gasteiger partial charge in [0.1, 0.15) is 44.1 Å². The smallest absolute Gasteiger partial charge is 0.275 e. The van der Waals surface area contributed by atoms with E-state index in [2.05, 4.69) is 175 Å². The number of hydrogen-bond donors (Lipinski definition) is 24. The molecule has 0 saturated heterocycles. The number of aliphatic hydroxyl groups is 8. The van der Waals surface area contributed by atoms with Gasteiger partial charge in [-0.2, -0.15) is 0 Å². The number of hydrogen-bond acceptors (Lipinski definition) is 24. The van der Waals surface area contributed by atoms with Crippen molar-refractivity contribution in [1.29, 1.82) is 0 Å². The van der Waals surface area contributed by atoms with E-state index in [0.717, 1.165) is 345 Å². The molecule has 8 atom stereocenters. The SMILES string of the molecule is CCC[C@@H](O)CCCc1c[nH]c2c(=O)[nH]cnc12.CCC[C@@H](O)CCCc1c[nH]c2c(=O)[nH]cnc12.CCC[C@@H](O)CCCc1c[nH]c2c(=O)[nH]cnc12.CCC[C@@H](O)CCCc1c[nH]c2c(=O)[nH]cnc12.CCC[C@H](O)CCCc1c[nH]c2c(=O)[nH]cnc12.CCC[C@H](O)CCCc1c[nH]c2c(=O)[nH]cnc12.CCC[C@H](O)CCCc1c[nH]c2c(=O)[nH]cnc12.CCC[C@H](O)CCCc1c[nH]c2c(=O)[nH]cnc12. The molecule has 0 spiro atoms. The molecule has 40 nitrogen and oxygen atoms in total. The van der Waals surface area contributed by atoms with E-state index < -0.39 is 0 Å². The minimum Gasteiger partial charge on any atom is -0.393 e. The fourth-order valence-electron chi connectivity index (χ4n) is 17.6. The third kappa shape index (κ3) is 35.8. The second-order valence-electron chi connectivity index (χ2n) is 36.8. The second kappa shape index (κ2) is 61.9. The highest BCUT2D eigenvalue weighted by atomic mass is 16.3. The highest BCUT2D eigenvalue weighted by Gasteiger charge is 2.19. The van der Waals surface area contributed by atoms with Gasteiger partial charge in [-0.3, -0.25) is 38.4 Å². The predicted octanol–water partition coefficient (Wildman–Crippen LogP) is 13.9. The van der Waals surface area contributed by atoms with Gasteiger partial charge < -0.3 is 121 Å². The molecule has 0 saturated carbocycles. The largest absolute Gasteiger partial charge is 0.393 e. The van der Waals surface area contributed by atoms with Crippen LogP contribution in [0.1, 0.15) is 305 Å². The molecule has 0 bridgehead atoms. The van der Waals surface area contributed by atoms with Crippen molar-refractivity contribution in [3.8, 4) is 0 Å². The Morgan fingerprint density at radius 3 is 0.375 bits per heavy atom. The lowest BCUT2D eigenvalue weighted by Gasteiger charge is -2.07. The van der Waals surface area contributed by atoms with Gasteiger partial charge in [0.2, 0.25) is 0 Å². The average Bonchev–Trinajstić information content (AvgIpc) is 1.72. The molecule has 16 heterocycles. The van der Waals surface area contributed by atoms with Gasteiger partial charge in [0, 0.05) is 49.6 Å². The van der Waals surface area contributed by atoms with Gasteiger partial charge in [-0.25, -0.2) is 39.9 Å². The number of nitrogens with one attached hydrogen (secondary N) is 16. The third-order valence-electron chi connectivity index (χ3n) is 25.2. The van der Waals surface area contributed by atoms with Crippen molar-refractivity contribution < 1.29 is 40.9 Å². The zero-order valence-corrected chi connectivity index (χ0v) is 84.6. The Balaban J connectivity index is 0.000000183. The lowest BCUT2D eigenvalue weighted by atomic mass is 10.0. The molecule has 24 N–H and O–H groups in total. The van der Waals surface area contributed by atoms with Gasteiger partial charge in [0.15, 0.2) is 0 Å². The Hall–Kier alpha value is -13.0. The lowest BCUT2D eigenvalue weighted by Crippen LogP contribution is -2.07. The van der Waals surface area contributed by atoms with Crippen LogP contribution in [0.25, 0.3) is 88.3 Å². The van der Waals surface area contributed by atoms with Crippen molar-refractivity contribution in [3.63, 3.8) is 0 Å². The molecule has 0 radical (unpaired) electrons. The Labute approximate surface area is 833 Å². The van der Waals surface area contributed by atoms with Crippen LogP contribution in [0.2, 0.25) is 0 Å². The van der Waals surface area contributed by atoms with Crippen LogP contribution in [-0.4, -0.2) is 209 Å². The first kappa shape index (κ1) is 115. The minimum atomic E-state index is -0.212. The summed E-state index contributed by atoms with van der Waals surface area (Å²) in [5.41, 5.74) is 17.4. The first-order valence-electron chi connectivity index (χ1n) is 51.5. The number of rotatable bonds is 48. The van der Waals surface area contributed by atoms with Crippen molar-refractivity contribution in [1.82, 2.24) is 120 Å². The van der Waals surface area contributed by atoms with Crippen LogP contribution in [0.15, 0.2) is 139 Å². The van der Waals surface area contributed by atoms with Gasteiger partial charge in [-0.15, -0.1) is 0 Å². The van der Waals surface area contributed by atoms with Crippen molar-refractivity contribution in [2.45, 2.75) is 361 Å². The molecule has 0 aliphatic rings. The number of aryl methyl sites for hydroxylation is 8. The van der Waals surface area contributed by atoms with E-state index in [1.54, 1.807) is 0 Å². The number of H-pyrrole nitrogens is 16. The maximum Gasteiger partial charge on any atom is 0.275 e. The zero-order valence-electron chi connectivity index (χ0n) is 84.6. The minimum absolute atomic E-state index is 0.141. The second-order valence-corrected chi connectivity index (χ2v) is 36.8. The highest BCUT2D eigenvalue weighted by Crippen LogP contribution is 2.25. The van der Waals surface area contributed by atoms with Crippen molar-refractivity contribution in [3.05, 3.63) is 228 Å². The number of nitrogens with zero attached hydrogens (tertiary/aromatic N) is 8. The van der Waals surface area contributed by atoms with Crippen molar-refractivity contribution >= 4 is 88.3 Å². The van der Waals surface area contributed by atoms with E-state index in [1.165, 1.54) is 50.6 Å². The maximum atomic E-state index is 11.5. The predicted molar refractivity (Wildman–Crippen MR) is 565 cm³/mol. The van der Waals surface area contributed by atoms with E-state index >= 15 is 0 Å². The van der Waals surface area contributed by atoms with Crippen LogP contribution in [0, 0.1) is 0 Å². The number of aromatic nitrogens is 24. The van der Waals surface area contributed by atoms with Crippen LogP contribution >= 0.6 is 0 Å². The molecule has 0 aliphatic heterocycles. The van der Waals surface area contributed by atoms with Gasteiger partial charge >= 0.3 is 0 Å². The first-order chi connectivity index (χ1) is 69.8. The lowest BCUT2D eigenvalue weighted by molar-refractivity contribution is 0.151. The third-order valence-corrected chi connectivity index (χ3v) is 25.2. The summed E-state index contributed by atoms with van der Waals surface area (Å²) >= 11 is 0. The fourth-order valence-corrected chi connectivity index (χ4v) is 17.6. The molecule has 144 heavy (non-hydrogen) atoms. The summed E-state index contributed by atoms with van der Waals surface area (Å²) in [6.07, 6.45) is 59.5. The van der Waals surface area contributed by atoms with E-state index in [1.807, 2.05) is 49.6 Å². The van der Waals surface area contributed by atoms with E-state index in [-0.39, 0.29) is 93.3 Å². The molecule has 0 aliphatic carbocycles. The molecule has 784 valence electrons. The molecule has 16 rings (SSSR count). The quantitative estimate of drug-likeness (QED) is 0.0168. The molecule has 16 aromatic rings. The normalized spacial score (nSPS) is 13.0. The summed E-state index contributed by atoms with van der Waals surface area (Å²) in [6, 6.07) is 0. The topological polar surface area (TPSA) is 654 Å². The van der Waals surface area contributed by atoms with Gasteiger partial charge in [-0.1, -0.05) is 107 Å². The molecule has 0 amide bonds. The summed E-state index contributed by atoms with van der Waals surface area (Å²) in [5, 5.41) is 77.3.